The quantitative estimate of drug-likeness (QED) is 0.631. The minimum atomic E-state index is -4.05. The van der Waals surface area contributed by atoms with Gasteiger partial charge in [-0.1, -0.05) is 66.7 Å². The Morgan fingerprint density at radius 1 is 0.906 bits per heavy atom. The third-order valence-electron chi connectivity index (χ3n) is 6.01. The highest BCUT2D eigenvalue weighted by Crippen LogP contribution is 2.42. The van der Waals surface area contributed by atoms with Gasteiger partial charge in [0.2, 0.25) is 0 Å². The summed E-state index contributed by atoms with van der Waals surface area (Å²) in [7, 11) is -2.57. The summed E-state index contributed by atoms with van der Waals surface area (Å²) in [6, 6.07) is 22.0. The molecule has 1 amide bonds. The van der Waals surface area contributed by atoms with E-state index in [0.29, 0.717) is 22.4 Å². The van der Waals surface area contributed by atoms with Crippen molar-refractivity contribution in [1.29, 1.82) is 0 Å². The number of amides is 1. The largest absolute Gasteiger partial charge is 0.345 e. The van der Waals surface area contributed by atoms with Crippen molar-refractivity contribution < 1.29 is 13.2 Å². The van der Waals surface area contributed by atoms with E-state index < -0.39 is 15.9 Å². The number of carbonyl (C=O) groups is 1. The molecular formula is C26H26N2O3S. The van der Waals surface area contributed by atoms with E-state index in [-0.39, 0.29) is 10.9 Å². The van der Waals surface area contributed by atoms with E-state index in [4.69, 9.17) is 0 Å². The van der Waals surface area contributed by atoms with Gasteiger partial charge in [0, 0.05) is 18.2 Å². The monoisotopic (exact) mass is 446 g/mol. The highest BCUT2D eigenvalue weighted by molar-refractivity contribution is 7.97. The fourth-order valence-corrected chi connectivity index (χ4v) is 5.45. The molecule has 0 aromatic heterocycles. The summed E-state index contributed by atoms with van der Waals surface area (Å²) in [6.45, 7) is 5.90. The van der Waals surface area contributed by atoms with Crippen LogP contribution >= 0.6 is 0 Å². The molecule has 1 atom stereocenters. The molecule has 0 fully saturated rings. The molecule has 0 spiro atoms. The maximum absolute atomic E-state index is 13.5. The molecule has 0 saturated heterocycles. The van der Waals surface area contributed by atoms with Gasteiger partial charge < -0.3 is 5.32 Å². The van der Waals surface area contributed by atoms with Crippen LogP contribution in [0, 0.1) is 13.8 Å². The van der Waals surface area contributed by atoms with E-state index in [0.717, 1.165) is 16.7 Å². The smallest absolute Gasteiger partial charge is 0.270 e. The number of hydrogen-bond acceptors (Lipinski definition) is 3. The summed E-state index contributed by atoms with van der Waals surface area (Å²) >= 11 is 0. The summed E-state index contributed by atoms with van der Waals surface area (Å²) in [5.74, 6) is -0.615. The van der Waals surface area contributed by atoms with Gasteiger partial charge in [-0.05, 0) is 49.1 Å². The lowest BCUT2D eigenvalue weighted by atomic mass is 9.95. The number of anilines is 1. The van der Waals surface area contributed by atoms with Crippen molar-refractivity contribution >= 4 is 27.2 Å². The molecule has 5 nitrogen and oxygen atoms in total. The number of benzene rings is 3. The summed E-state index contributed by atoms with van der Waals surface area (Å²) in [5.41, 5.74) is 5.56. The maximum atomic E-state index is 13.5. The van der Waals surface area contributed by atoms with Crippen LogP contribution in [0.2, 0.25) is 0 Å². The first-order chi connectivity index (χ1) is 15.2. The minimum absolute atomic E-state index is 0.236. The number of para-hydroxylation sites is 1. The van der Waals surface area contributed by atoms with Gasteiger partial charge in [0.05, 0.1) is 11.7 Å². The van der Waals surface area contributed by atoms with Crippen LogP contribution in [0.15, 0.2) is 77.7 Å². The summed E-state index contributed by atoms with van der Waals surface area (Å²) in [4.78, 5) is 13.3. The number of hydrogen-bond donors (Lipinski definition) is 1. The standard InChI is InChI=1S/C26H26N2O3S/c1-17-14-15-21(16-18(17)2)19(3)27-26(29)25-24(20-10-6-5-7-11-20)22-12-8-9-13-23(22)28(4)32(25,30)31/h5-16,19H,1-4H3,(H,27,29)/t19-/m1/s1. The predicted octanol–water partition coefficient (Wildman–Crippen LogP) is 4.72. The predicted molar refractivity (Wildman–Crippen MR) is 129 cm³/mol. The van der Waals surface area contributed by atoms with Gasteiger partial charge in [0.15, 0.2) is 4.91 Å². The Hall–Kier alpha value is -3.38. The maximum Gasteiger partial charge on any atom is 0.270 e. The highest BCUT2D eigenvalue weighted by atomic mass is 32.2. The lowest BCUT2D eigenvalue weighted by Crippen LogP contribution is -2.40. The molecule has 0 bridgehead atoms. The van der Waals surface area contributed by atoms with Crippen molar-refractivity contribution in [3.63, 3.8) is 0 Å². The van der Waals surface area contributed by atoms with Crippen LogP contribution in [0.3, 0.4) is 0 Å². The molecule has 0 radical (unpaired) electrons. The van der Waals surface area contributed by atoms with Gasteiger partial charge >= 0.3 is 0 Å². The van der Waals surface area contributed by atoms with Gasteiger partial charge in [-0.15, -0.1) is 0 Å². The van der Waals surface area contributed by atoms with Crippen molar-refractivity contribution in [2.45, 2.75) is 26.8 Å². The van der Waals surface area contributed by atoms with E-state index in [1.807, 2.05) is 81.4 Å². The summed E-state index contributed by atoms with van der Waals surface area (Å²) < 4.78 is 28.2. The van der Waals surface area contributed by atoms with Crippen molar-refractivity contribution in [1.82, 2.24) is 5.32 Å². The fourth-order valence-electron chi connectivity index (χ4n) is 3.98. The average molecular weight is 447 g/mol. The first-order valence-electron chi connectivity index (χ1n) is 10.5. The van der Waals surface area contributed by atoms with E-state index in [2.05, 4.69) is 5.32 Å². The molecule has 1 aliphatic heterocycles. The van der Waals surface area contributed by atoms with E-state index in [9.17, 15) is 13.2 Å². The Bertz CT molecular complexity index is 1330. The fraction of sp³-hybridized carbons (Fsp3) is 0.192. The second-order valence-electron chi connectivity index (χ2n) is 8.10. The molecular weight excluding hydrogens is 420 g/mol. The van der Waals surface area contributed by atoms with Crippen LogP contribution in [-0.2, 0) is 14.8 Å². The van der Waals surface area contributed by atoms with Crippen LogP contribution in [0.25, 0.3) is 5.57 Å². The number of nitrogens with zero attached hydrogens (tertiary/aromatic N) is 1. The Balaban J connectivity index is 1.86. The number of fused-ring (bicyclic) bond motifs is 1. The molecule has 0 aliphatic carbocycles. The molecule has 1 aliphatic rings. The SMILES string of the molecule is Cc1ccc([C@@H](C)NC(=O)C2=C(c3ccccc3)c3ccccc3N(C)S2(=O)=O)cc1C. The number of nitrogens with one attached hydrogen (secondary N) is 1. The van der Waals surface area contributed by atoms with Crippen molar-refractivity contribution in [3.8, 4) is 0 Å². The average Bonchev–Trinajstić information content (AvgIpc) is 2.78. The summed E-state index contributed by atoms with van der Waals surface area (Å²) in [5, 5.41) is 2.92. The number of aryl methyl sites for hydroxylation is 2. The zero-order valence-electron chi connectivity index (χ0n) is 18.6. The molecule has 1 N–H and O–H groups in total. The van der Waals surface area contributed by atoms with Crippen LogP contribution in [0.5, 0.6) is 0 Å². The van der Waals surface area contributed by atoms with E-state index in [1.54, 1.807) is 12.1 Å². The van der Waals surface area contributed by atoms with Crippen molar-refractivity contribution in [3.05, 3.63) is 106 Å². The van der Waals surface area contributed by atoms with Crippen LogP contribution in [-0.4, -0.2) is 21.4 Å². The topological polar surface area (TPSA) is 66.5 Å². The molecule has 3 aromatic carbocycles. The Morgan fingerprint density at radius 2 is 1.56 bits per heavy atom. The number of sulfonamides is 1. The van der Waals surface area contributed by atoms with Crippen LogP contribution < -0.4 is 9.62 Å². The lowest BCUT2D eigenvalue weighted by Gasteiger charge is -2.31. The van der Waals surface area contributed by atoms with E-state index >= 15 is 0 Å². The normalized spacial score (nSPS) is 15.8. The molecule has 0 unspecified atom stereocenters. The van der Waals surface area contributed by atoms with Crippen LogP contribution in [0.4, 0.5) is 5.69 Å². The Labute approximate surface area is 189 Å². The Morgan fingerprint density at radius 3 is 2.25 bits per heavy atom. The van der Waals surface area contributed by atoms with Crippen LogP contribution in [0.1, 0.15) is 40.8 Å². The number of rotatable bonds is 4. The summed E-state index contributed by atoms with van der Waals surface area (Å²) in [6.07, 6.45) is 0. The molecule has 4 rings (SSSR count). The zero-order chi connectivity index (χ0) is 23.0. The van der Waals surface area contributed by atoms with Gasteiger partial charge in [-0.3, -0.25) is 9.10 Å². The van der Waals surface area contributed by atoms with Crippen molar-refractivity contribution in [2.75, 3.05) is 11.4 Å². The van der Waals surface area contributed by atoms with Gasteiger partial charge in [-0.25, -0.2) is 8.42 Å². The second-order valence-corrected chi connectivity index (χ2v) is 10.0. The second kappa shape index (κ2) is 8.28. The molecule has 164 valence electrons. The minimum Gasteiger partial charge on any atom is -0.345 e. The zero-order valence-corrected chi connectivity index (χ0v) is 19.4. The first kappa shape index (κ1) is 21.8. The third kappa shape index (κ3) is 3.71. The Kier molecular flexibility index (Phi) is 5.65. The van der Waals surface area contributed by atoms with Gasteiger partial charge in [-0.2, -0.15) is 0 Å². The lowest BCUT2D eigenvalue weighted by molar-refractivity contribution is -0.117. The molecule has 3 aromatic rings. The highest BCUT2D eigenvalue weighted by Gasteiger charge is 2.39. The van der Waals surface area contributed by atoms with Crippen molar-refractivity contribution in [2.24, 2.45) is 0 Å². The molecule has 1 heterocycles. The number of carbonyl (C=O) groups excluding carboxylic acids is 1. The van der Waals surface area contributed by atoms with E-state index in [1.165, 1.54) is 11.4 Å². The van der Waals surface area contributed by atoms with Gasteiger partial charge in [0.1, 0.15) is 0 Å². The molecule has 32 heavy (non-hydrogen) atoms. The third-order valence-corrected chi connectivity index (χ3v) is 7.83. The van der Waals surface area contributed by atoms with Gasteiger partial charge in [0.25, 0.3) is 15.9 Å². The molecule has 6 heteroatoms. The first-order valence-corrected chi connectivity index (χ1v) is 11.9. The molecule has 0 saturated carbocycles.